The van der Waals surface area contributed by atoms with Crippen LogP contribution >= 0.6 is 0 Å². The summed E-state index contributed by atoms with van der Waals surface area (Å²) >= 11 is 0. The number of hydrogen-bond donors (Lipinski definition) is 2. The molecule has 0 fully saturated rings. The van der Waals surface area contributed by atoms with E-state index in [2.05, 4.69) is 23.6 Å². The summed E-state index contributed by atoms with van der Waals surface area (Å²) in [5.41, 5.74) is 4.29. The van der Waals surface area contributed by atoms with E-state index in [9.17, 15) is 4.79 Å². The van der Waals surface area contributed by atoms with Gasteiger partial charge < -0.3 is 20.1 Å². The van der Waals surface area contributed by atoms with Crippen LogP contribution < -0.4 is 20.1 Å². The Morgan fingerprint density at radius 2 is 1.79 bits per heavy atom. The Balaban J connectivity index is 1.88. The first-order valence-corrected chi connectivity index (χ1v) is 7.83. The fourth-order valence-corrected chi connectivity index (χ4v) is 2.37. The van der Waals surface area contributed by atoms with Gasteiger partial charge in [0.15, 0.2) is 11.5 Å². The van der Waals surface area contributed by atoms with Gasteiger partial charge in [0, 0.05) is 12.2 Å². The Bertz CT molecular complexity index is 714. The van der Waals surface area contributed by atoms with Gasteiger partial charge in [-0.2, -0.15) is 0 Å². The monoisotopic (exact) mass is 328 g/mol. The third-order valence-electron chi connectivity index (χ3n) is 3.98. The fraction of sp³-hybridized carbons (Fsp3) is 0.316. The number of aryl methyl sites for hydroxylation is 1. The number of nitrogens with one attached hydrogen (secondary N) is 2. The predicted molar refractivity (Wildman–Crippen MR) is 95.8 cm³/mol. The van der Waals surface area contributed by atoms with Crippen molar-refractivity contribution in [3.8, 4) is 11.5 Å². The maximum atomic E-state index is 12.0. The maximum Gasteiger partial charge on any atom is 0.239 e. The average molecular weight is 328 g/mol. The van der Waals surface area contributed by atoms with Crippen LogP contribution in [0, 0.1) is 13.8 Å². The van der Waals surface area contributed by atoms with Crippen LogP contribution in [0.2, 0.25) is 0 Å². The number of hydrogen-bond acceptors (Lipinski definition) is 4. The minimum atomic E-state index is -0.0642. The zero-order chi connectivity index (χ0) is 17.5. The molecule has 0 atom stereocenters. The van der Waals surface area contributed by atoms with Crippen molar-refractivity contribution >= 4 is 11.6 Å². The van der Waals surface area contributed by atoms with Crippen molar-refractivity contribution in [2.75, 3.05) is 26.1 Å². The smallest absolute Gasteiger partial charge is 0.239 e. The highest BCUT2D eigenvalue weighted by Gasteiger charge is 2.07. The van der Waals surface area contributed by atoms with Gasteiger partial charge in [-0.05, 0) is 48.7 Å². The number of amides is 1. The summed E-state index contributed by atoms with van der Waals surface area (Å²) in [4.78, 5) is 12.0. The molecule has 1 amide bonds. The number of rotatable bonds is 7. The molecule has 0 unspecified atom stereocenters. The number of carbonyl (C=O) groups is 1. The van der Waals surface area contributed by atoms with Crippen LogP contribution in [0.1, 0.15) is 16.7 Å². The lowest BCUT2D eigenvalue weighted by Gasteiger charge is -2.12. The van der Waals surface area contributed by atoms with Gasteiger partial charge in [-0.1, -0.05) is 18.2 Å². The van der Waals surface area contributed by atoms with Crippen LogP contribution in [0.3, 0.4) is 0 Å². The Kier molecular flexibility index (Phi) is 6.07. The molecule has 0 saturated heterocycles. The molecular formula is C19H24N2O3. The first-order valence-electron chi connectivity index (χ1n) is 7.83. The molecule has 0 aliphatic heterocycles. The van der Waals surface area contributed by atoms with Gasteiger partial charge >= 0.3 is 0 Å². The molecule has 0 aliphatic carbocycles. The number of carbonyl (C=O) groups excluding carboxylic acids is 1. The molecule has 2 N–H and O–H groups in total. The van der Waals surface area contributed by atoms with Crippen molar-refractivity contribution in [2.45, 2.75) is 20.4 Å². The number of ether oxygens (including phenoxy) is 2. The quantitative estimate of drug-likeness (QED) is 0.820. The average Bonchev–Trinajstić information content (AvgIpc) is 2.60. The van der Waals surface area contributed by atoms with Crippen LogP contribution in [0.25, 0.3) is 0 Å². The van der Waals surface area contributed by atoms with Gasteiger partial charge in [0.2, 0.25) is 5.91 Å². The largest absolute Gasteiger partial charge is 0.493 e. The molecule has 2 aromatic rings. The van der Waals surface area contributed by atoms with E-state index < -0.39 is 0 Å². The van der Waals surface area contributed by atoms with Crippen molar-refractivity contribution in [3.05, 3.63) is 53.1 Å². The van der Waals surface area contributed by atoms with E-state index in [1.54, 1.807) is 14.2 Å². The molecule has 0 heterocycles. The topological polar surface area (TPSA) is 59.6 Å². The SMILES string of the molecule is COc1ccc(CNC(=O)CNc2cccc(C)c2C)cc1OC. The molecule has 0 aromatic heterocycles. The molecule has 5 heteroatoms. The minimum absolute atomic E-state index is 0.0642. The highest BCUT2D eigenvalue weighted by atomic mass is 16.5. The summed E-state index contributed by atoms with van der Waals surface area (Å²) in [7, 11) is 3.19. The Morgan fingerprint density at radius 3 is 2.50 bits per heavy atom. The summed E-state index contributed by atoms with van der Waals surface area (Å²) in [6.45, 7) is 4.77. The zero-order valence-electron chi connectivity index (χ0n) is 14.6. The van der Waals surface area contributed by atoms with E-state index >= 15 is 0 Å². The predicted octanol–water partition coefficient (Wildman–Crippen LogP) is 3.05. The first-order chi connectivity index (χ1) is 11.5. The Morgan fingerprint density at radius 1 is 1.04 bits per heavy atom. The van der Waals surface area contributed by atoms with E-state index in [-0.39, 0.29) is 12.5 Å². The Labute approximate surface area is 143 Å². The van der Waals surface area contributed by atoms with Crippen LogP contribution in [0.4, 0.5) is 5.69 Å². The van der Waals surface area contributed by atoms with E-state index in [1.165, 1.54) is 5.56 Å². The lowest BCUT2D eigenvalue weighted by atomic mass is 10.1. The van der Waals surface area contributed by atoms with E-state index in [1.807, 2.05) is 37.3 Å². The van der Waals surface area contributed by atoms with Gasteiger partial charge in [-0.25, -0.2) is 0 Å². The molecule has 2 aromatic carbocycles. The number of anilines is 1. The standard InChI is InChI=1S/C19H24N2O3/c1-13-6-5-7-16(14(13)2)20-12-19(22)21-11-15-8-9-17(23-3)18(10-15)24-4/h5-10,20H,11-12H2,1-4H3,(H,21,22). The number of benzene rings is 2. The third-order valence-corrected chi connectivity index (χ3v) is 3.98. The van der Waals surface area contributed by atoms with Crippen LogP contribution in [0.15, 0.2) is 36.4 Å². The molecule has 2 rings (SSSR count). The van der Waals surface area contributed by atoms with Gasteiger partial charge in [-0.15, -0.1) is 0 Å². The number of methoxy groups -OCH3 is 2. The van der Waals surface area contributed by atoms with Gasteiger partial charge in [0.25, 0.3) is 0 Å². The fourth-order valence-electron chi connectivity index (χ4n) is 2.37. The molecule has 0 spiro atoms. The molecule has 0 saturated carbocycles. The van der Waals surface area contributed by atoms with Crippen LogP contribution in [-0.4, -0.2) is 26.7 Å². The van der Waals surface area contributed by atoms with Crippen LogP contribution in [-0.2, 0) is 11.3 Å². The lowest BCUT2D eigenvalue weighted by molar-refractivity contribution is -0.119. The van der Waals surface area contributed by atoms with Crippen molar-refractivity contribution in [1.82, 2.24) is 5.32 Å². The van der Waals surface area contributed by atoms with Gasteiger partial charge in [-0.3, -0.25) is 4.79 Å². The molecule has 5 nitrogen and oxygen atoms in total. The summed E-state index contributed by atoms with van der Waals surface area (Å²) in [6.07, 6.45) is 0. The molecule has 24 heavy (non-hydrogen) atoms. The lowest BCUT2D eigenvalue weighted by Crippen LogP contribution is -2.29. The van der Waals surface area contributed by atoms with Crippen LogP contribution in [0.5, 0.6) is 11.5 Å². The van der Waals surface area contributed by atoms with Crippen molar-refractivity contribution in [1.29, 1.82) is 0 Å². The van der Waals surface area contributed by atoms with E-state index in [0.29, 0.717) is 18.0 Å². The maximum absolute atomic E-state index is 12.0. The normalized spacial score (nSPS) is 10.2. The summed E-state index contributed by atoms with van der Waals surface area (Å²) < 4.78 is 10.5. The first kappa shape index (κ1) is 17.7. The second-order valence-corrected chi connectivity index (χ2v) is 5.57. The zero-order valence-corrected chi connectivity index (χ0v) is 14.6. The van der Waals surface area contributed by atoms with Crippen molar-refractivity contribution in [3.63, 3.8) is 0 Å². The third kappa shape index (κ3) is 4.41. The van der Waals surface area contributed by atoms with Crippen molar-refractivity contribution in [2.24, 2.45) is 0 Å². The second-order valence-electron chi connectivity index (χ2n) is 5.57. The molecule has 0 radical (unpaired) electrons. The summed E-state index contributed by atoms with van der Waals surface area (Å²) in [6, 6.07) is 11.6. The molecule has 0 bridgehead atoms. The summed E-state index contributed by atoms with van der Waals surface area (Å²) in [5, 5.41) is 6.07. The van der Waals surface area contributed by atoms with Crippen molar-refractivity contribution < 1.29 is 14.3 Å². The second kappa shape index (κ2) is 8.24. The molecular weight excluding hydrogens is 304 g/mol. The summed E-state index contributed by atoms with van der Waals surface area (Å²) in [5.74, 6) is 1.26. The molecule has 0 aliphatic rings. The Hall–Kier alpha value is -2.69. The highest BCUT2D eigenvalue weighted by molar-refractivity contribution is 5.81. The molecule has 128 valence electrons. The van der Waals surface area contributed by atoms with E-state index in [4.69, 9.17) is 9.47 Å². The highest BCUT2D eigenvalue weighted by Crippen LogP contribution is 2.27. The van der Waals surface area contributed by atoms with E-state index in [0.717, 1.165) is 16.8 Å². The van der Waals surface area contributed by atoms with Gasteiger partial charge in [0.1, 0.15) is 0 Å². The minimum Gasteiger partial charge on any atom is -0.493 e. The van der Waals surface area contributed by atoms with Gasteiger partial charge in [0.05, 0.1) is 20.8 Å².